The zero-order chi connectivity index (χ0) is 17.9. The van der Waals surface area contributed by atoms with E-state index in [-0.39, 0.29) is 0 Å². The molecule has 0 bridgehead atoms. The average Bonchev–Trinajstić information content (AvgIpc) is 2.66. The quantitative estimate of drug-likeness (QED) is 0.605. The molecular formula is C20H33N5. The highest BCUT2D eigenvalue weighted by Gasteiger charge is 2.18. The van der Waals surface area contributed by atoms with Crippen molar-refractivity contribution in [3.63, 3.8) is 0 Å². The first-order valence-electron chi connectivity index (χ1n) is 9.31. The largest absolute Gasteiger partial charge is 0.355 e. The minimum atomic E-state index is 0.942. The molecule has 0 unspecified atom stereocenters. The summed E-state index contributed by atoms with van der Waals surface area (Å²) in [6.07, 6.45) is 4.47. The molecule has 5 heteroatoms. The van der Waals surface area contributed by atoms with Crippen molar-refractivity contribution in [2.75, 3.05) is 66.5 Å². The molecule has 138 valence electrons. The van der Waals surface area contributed by atoms with Gasteiger partial charge < -0.3 is 15.1 Å². The van der Waals surface area contributed by atoms with E-state index in [1.807, 2.05) is 7.05 Å². The predicted octanol–water partition coefficient (Wildman–Crippen LogP) is 1.84. The van der Waals surface area contributed by atoms with E-state index in [2.05, 4.69) is 81.5 Å². The van der Waals surface area contributed by atoms with Gasteiger partial charge in [-0.05, 0) is 19.2 Å². The maximum absolute atomic E-state index is 4.44. The van der Waals surface area contributed by atoms with E-state index in [0.717, 1.165) is 58.3 Å². The zero-order valence-electron chi connectivity index (χ0n) is 16.0. The Morgan fingerprint density at radius 3 is 2.56 bits per heavy atom. The van der Waals surface area contributed by atoms with Crippen LogP contribution in [0.5, 0.6) is 0 Å². The van der Waals surface area contributed by atoms with Crippen molar-refractivity contribution in [1.29, 1.82) is 0 Å². The number of nitrogens with one attached hydrogen (secondary N) is 1. The third kappa shape index (κ3) is 6.88. The normalized spacial score (nSPS) is 16.8. The van der Waals surface area contributed by atoms with Gasteiger partial charge >= 0.3 is 0 Å². The monoisotopic (exact) mass is 343 g/mol. The molecule has 0 spiro atoms. The summed E-state index contributed by atoms with van der Waals surface area (Å²) in [5.41, 5.74) is 1.27. The summed E-state index contributed by atoms with van der Waals surface area (Å²) in [6.45, 7) is 10.5. The number of guanidine groups is 1. The van der Waals surface area contributed by atoms with Crippen LogP contribution in [0.3, 0.4) is 0 Å². The fraction of sp³-hybridized carbons (Fsp3) is 0.550. The lowest BCUT2D eigenvalue weighted by Gasteiger charge is -2.36. The Bertz CT molecular complexity index is 532. The standard InChI is InChI=1S/C20H33N5/c1-4-23(3)14-12-22-20(21-2)25-17-15-24(16-18-25)13-8-11-19-9-6-5-7-10-19/h5-11H,4,12-18H2,1-3H3,(H,21,22)/b11-8+. The van der Waals surface area contributed by atoms with Gasteiger partial charge in [0.25, 0.3) is 0 Å². The summed E-state index contributed by atoms with van der Waals surface area (Å²) in [5.74, 6) is 1.03. The lowest BCUT2D eigenvalue weighted by molar-refractivity contribution is 0.194. The van der Waals surface area contributed by atoms with Gasteiger partial charge in [-0.3, -0.25) is 9.89 Å². The molecule has 0 amide bonds. The number of piperazine rings is 1. The molecule has 0 radical (unpaired) electrons. The van der Waals surface area contributed by atoms with Crippen LogP contribution in [-0.4, -0.2) is 87.1 Å². The Balaban J connectivity index is 1.70. The fourth-order valence-electron chi connectivity index (χ4n) is 2.89. The van der Waals surface area contributed by atoms with Gasteiger partial charge in [0.15, 0.2) is 5.96 Å². The van der Waals surface area contributed by atoms with Gasteiger partial charge in [-0.15, -0.1) is 0 Å². The van der Waals surface area contributed by atoms with E-state index in [0.29, 0.717) is 0 Å². The van der Waals surface area contributed by atoms with Crippen LogP contribution < -0.4 is 5.32 Å². The molecule has 1 heterocycles. The minimum Gasteiger partial charge on any atom is -0.355 e. The first kappa shape index (κ1) is 19.5. The summed E-state index contributed by atoms with van der Waals surface area (Å²) >= 11 is 0. The number of hydrogen-bond donors (Lipinski definition) is 1. The molecule has 1 aliphatic rings. The van der Waals surface area contributed by atoms with Gasteiger partial charge in [-0.1, -0.05) is 49.4 Å². The van der Waals surface area contributed by atoms with Gasteiger partial charge in [-0.2, -0.15) is 0 Å². The summed E-state index contributed by atoms with van der Waals surface area (Å²) in [5, 5.41) is 3.49. The van der Waals surface area contributed by atoms with Crippen molar-refractivity contribution in [3.05, 3.63) is 42.0 Å². The van der Waals surface area contributed by atoms with E-state index < -0.39 is 0 Å². The topological polar surface area (TPSA) is 34.1 Å². The highest BCUT2D eigenvalue weighted by molar-refractivity contribution is 5.80. The van der Waals surface area contributed by atoms with Crippen LogP contribution in [0.25, 0.3) is 6.08 Å². The molecule has 1 aromatic carbocycles. The average molecular weight is 344 g/mol. The summed E-state index contributed by atoms with van der Waals surface area (Å²) in [6, 6.07) is 10.5. The van der Waals surface area contributed by atoms with Crippen molar-refractivity contribution >= 4 is 12.0 Å². The molecule has 1 aliphatic heterocycles. The van der Waals surface area contributed by atoms with Crippen LogP contribution in [0.1, 0.15) is 12.5 Å². The Hall–Kier alpha value is -1.85. The van der Waals surface area contributed by atoms with Crippen molar-refractivity contribution in [2.24, 2.45) is 4.99 Å². The smallest absolute Gasteiger partial charge is 0.193 e. The Morgan fingerprint density at radius 1 is 1.20 bits per heavy atom. The molecule has 5 nitrogen and oxygen atoms in total. The maximum atomic E-state index is 4.44. The van der Waals surface area contributed by atoms with E-state index >= 15 is 0 Å². The Labute approximate surface area is 153 Å². The van der Waals surface area contributed by atoms with Gasteiger partial charge in [0, 0.05) is 52.9 Å². The molecule has 1 N–H and O–H groups in total. The maximum Gasteiger partial charge on any atom is 0.193 e. The van der Waals surface area contributed by atoms with Crippen molar-refractivity contribution in [1.82, 2.24) is 20.0 Å². The SMILES string of the molecule is CCN(C)CCNC(=NC)N1CCN(C/C=C/c2ccccc2)CC1. The molecule has 1 saturated heterocycles. The molecule has 1 fully saturated rings. The van der Waals surface area contributed by atoms with E-state index in [4.69, 9.17) is 0 Å². The Kier molecular flexibility index (Phi) is 8.49. The second-order valence-corrected chi connectivity index (χ2v) is 6.47. The molecule has 0 aliphatic carbocycles. The predicted molar refractivity (Wildman–Crippen MR) is 108 cm³/mol. The summed E-state index contributed by atoms with van der Waals surface area (Å²) < 4.78 is 0. The number of likely N-dealkylation sites (N-methyl/N-ethyl adjacent to an activating group) is 1. The number of aliphatic imine (C=N–C) groups is 1. The molecule has 0 saturated carbocycles. The van der Waals surface area contributed by atoms with Crippen molar-refractivity contribution in [2.45, 2.75) is 6.92 Å². The lowest BCUT2D eigenvalue weighted by atomic mass is 10.2. The molecule has 2 rings (SSSR count). The van der Waals surface area contributed by atoms with Crippen LogP contribution in [0, 0.1) is 0 Å². The van der Waals surface area contributed by atoms with Crippen LogP contribution in [0.2, 0.25) is 0 Å². The number of rotatable bonds is 7. The first-order chi connectivity index (χ1) is 12.2. The summed E-state index contributed by atoms with van der Waals surface area (Å²) in [7, 11) is 4.02. The lowest BCUT2D eigenvalue weighted by Crippen LogP contribution is -2.53. The van der Waals surface area contributed by atoms with E-state index in [1.165, 1.54) is 5.56 Å². The molecule has 1 aromatic rings. The van der Waals surface area contributed by atoms with Crippen molar-refractivity contribution < 1.29 is 0 Å². The van der Waals surface area contributed by atoms with Crippen molar-refractivity contribution in [3.8, 4) is 0 Å². The third-order valence-corrected chi connectivity index (χ3v) is 4.67. The highest BCUT2D eigenvalue weighted by Crippen LogP contribution is 2.05. The zero-order valence-corrected chi connectivity index (χ0v) is 16.0. The summed E-state index contributed by atoms with van der Waals surface area (Å²) in [4.78, 5) is 11.6. The van der Waals surface area contributed by atoms with Gasteiger partial charge in [0.1, 0.15) is 0 Å². The molecule has 25 heavy (non-hydrogen) atoms. The van der Waals surface area contributed by atoms with E-state index in [1.54, 1.807) is 0 Å². The van der Waals surface area contributed by atoms with Gasteiger partial charge in [0.2, 0.25) is 0 Å². The number of hydrogen-bond acceptors (Lipinski definition) is 3. The van der Waals surface area contributed by atoms with Crippen LogP contribution >= 0.6 is 0 Å². The number of benzene rings is 1. The Morgan fingerprint density at radius 2 is 1.92 bits per heavy atom. The molecular weight excluding hydrogens is 310 g/mol. The minimum absolute atomic E-state index is 0.942. The third-order valence-electron chi connectivity index (χ3n) is 4.67. The second kappa shape index (κ2) is 10.9. The fourth-order valence-corrected chi connectivity index (χ4v) is 2.89. The van der Waals surface area contributed by atoms with E-state index in [9.17, 15) is 0 Å². The van der Waals surface area contributed by atoms with Crippen LogP contribution in [0.15, 0.2) is 41.4 Å². The van der Waals surface area contributed by atoms with Gasteiger partial charge in [-0.25, -0.2) is 0 Å². The first-order valence-corrected chi connectivity index (χ1v) is 9.31. The highest BCUT2D eigenvalue weighted by atomic mass is 15.3. The van der Waals surface area contributed by atoms with Gasteiger partial charge in [0.05, 0.1) is 0 Å². The second-order valence-electron chi connectivity index (χ2n) is 6.47. The molecule has 0 aromatic heterocycles. The van der Waals surface area contributed by atoms with Crippen LogP contribution in [0.4, 0.5) is 0 Å². The number of nitrogens with zero attached hydrogens (tertiary/aromatic N) is 4. The van der Waals surface area contributed by atoms with Crippen LogP contribution in [-0.2, 0) is 0 Å². The molecule has 0 atom stereocenters.